The highest BCUT2D eigenvalue weighted by Gasteiger charge is 2.40. The molecule has 21 heavy (non-hydrogen) atoms. The number of carbonyl (C=O) groups is 1. The summed E-state index contributed by atoms with van der Waals surface area (Å²) in [5.74, 6) is -1.31. The molecule has 0 saturated carbocycles. The number of carboxylic acids is 1. The fourth-order valence-electron chi connectivity index (χ4n) is 1.64. The van der Waals surface area contributed by atoms with Crippen molar-refractivity contribution in [3.05, 3.63) is 20.5 Å². The van der Waals surface area contributed by atoms with Crippen molar-refractivity contribution in [3.8, 4) is 0 Å². The molecule has 0 aliphatic heterocycles. The summed E-state index contributed by atoms with van der Waals surface area (Å²) in [6.07, 6.45) is 0.0541. The Morgan fingerprint density at radius 3 is 2.38 bits per heavy atom. The van der Waals surface area contributed by atoms with Crippen LogP contribution < -0.4 is 4.72 Å². The van der Waals surface area contributed by atoms with Crippen LogP contribution in [0.5, 0.6) is 0 Å². The Morgan fingerprint density at radius 2 is 2.05 bits per heavy atom. The predicted octanol–water partition coefficient (Wildman–Crippen LogP) is 2.23. The number of nitrogens with one attached hydrogen (secondary N) is 1. The van der Waals surface area contributed by atoms with Gasteiger partial charge in [-0.15, -0.1) is 11.3 Å². The molecule has 0 unspecified atom stereocenters. The van der Waals surface area contributed by atoms with Crippen molar-refractivity contribution in [1.29, 1.82) is 0 Å². The summed E-state index contributed by atoms with van der Waals surface area (Å²) in [5.41, 5.74) is -2.19. The number of rotatable bonds is 7. The molecule has 0 bridgehead atoms. The van der Waals surface area contributed by atoms with Gasteiger partial charge in [-0.25, -0.2) is 8.42 Å². The maximum absolute atomic E-state index is 12.2. The number of sulfonamides is 1. The highest BCUT2D eigenvalue weighted by Crippen LogP contribution is 2.36. The monoisotopic (exact) mass is 356 g/mol. The molecule has 0 aliphatic rings. The lowest BCUT2D eigenvalue weighted by atomic mass is 9.95. The number of nitro groups is 1. The van der Waals surface area contributed by atoms with E-state index in [4.69, 9.17) is 11.6 Å². The van der Waals surface area contributed by atoms with Gasteiger partial charge in [-0.3, -0.25) is 14.9 Å². The van der Waals surface area contributed by atoms with E-state index in [2.05, 4.69) is 4.72 Å². The molecule has 0 aliphatic carbocycles. The SMILES string of the molecule is CCC(CC)(NS(=O)(=O)c1cc([N+](=O)[O-])c(Cl)s1)C(=O)O. The summed E-state index contributed by atoms with van der Waals surface area (Å²) in [4.78, 5) is 21.2. The molecule has 0 atom stereocenters. The summed E-state index contributed by atoms with van der Waals surface area (Å²) in [7, 11) is -4.22. The highest BCUT2D eigenvalue weighted by molar-refractivity contribution is 7.91. The Kier molecular flexibility index (Phi) is 5.31. The van der Waals surface area contributed by atoms with Gasteiger partial charge in [-0.2, -0.15) is 4.72 Å². The van der Waals surface area contributed by atoms with E-state index >= 15 is 0 Å². The van der Waals surface area contributed by atoms with Crippen LogP contribution in [0, 0.1) is 10.1 Å². The number of thiophene rings is 1. The van der Waals surface area contributed by atoms with Gasteiger partial charge in [0, 0.05) is 6.07 Å². The second kappa shape index (κ2) is 6.26. The first-order chi connectivity index (χ1) is 9.59. The lowest BCUT2D eigenvalue weighted by molar-refractivity contribution is -0.384. The molecule has 1 aromatic heterocycles. The van der Waals surface area contributed by atoms with E-state index in [0.29, 0.717) is 11.3 Å². The van der Waals surface area contributed by atoms with Gasteiger partial charge < -0.3 is 5.11 Å². The molecule has 8 nitrogen and oxygen atoms in total. The van der Waals surface area contributed by atoms with E-state index in [1.807, 2.05) is 0 Å². The van der Waals surface area contributed by atoms with Crippen LogP contribution in [0.2, 0.25) is 4.34 Å². The second-order valence-corrected chi connectivity index (χ2v) is 7.74. The standard InChI is InChI=1S/C10H13ClN2O6S2/c1-3-10(4-2,9(14)15)12-21(18,19)7-5-6(13(16)17)8(11)20-7/h5,12H,3-4H2,1-2H3,(H,14,15). The molecule has 1 rings (SSSR count). The van der Waals surface area contributed by atoms with Crippen molar-refractivity contribution < 1.29 is 23.2 Å². The number of halogens is 1. The van der Waals surface area contributed by atoms with Crippen LogP contribution in [0.15, 0.2) is 10.3 Å². The Labute approximate surface area is 129 Å². The van der Waals surface area contributed by atoms with Crippen molar-refractivity contribution in [2.45, 2.75) is 36.4 Å². The highest BCUT2D eigenvalue weighted by atomic mass is 35.5. The normalized spacial score (nSPS) is 12.3. The van der Waals surface area contributed by atoms with Crippen molar-refractivity contribution in [2.75, 3.05) is 0 Å². The Morgan fingerprint density at radius 1 is 1.52 bits per heavy atom. The zero-order chi connectivity index (χ0) is 16.4. The third kappa shape index (κ3) is 3.51. The molecular formula is C10H13ClN2O6S2. The summed E-state index contributed by atoms with van der Waals surface area (Å²) < 4.78 is 25.8. The average Bonchev–Trinajstić information content (AvgIpc) is 2.79. The first-order valence-electron chi connectivity index (χ1n) is 5.80. The van der Waals surface area contributed by atoms with E-state index < -0.39 is 36.4 Å². The van der Waals surface area contributed by atoms with Gasteiger partial charge in [0.15, 0.2) is 4.34 Å². The Balaban J connectivity index is 3.26. The van der Waals surface area contributed by atoms with E-state index in [1.165, 1.54) is 13.8 Å². The van der Waals surface area contributed by atoms with E-state index in [1.54, 1.807) is 0 Å². The molecule has 0 saturated heterocycles. The molecule has 0 amide bonds. The number of hydrogen-bond donors (Lipinski definition) is 2. The molecule has 118 valence electrons. The van der Waals surface area contributed by atoms with Crippen LogP contribution in [0.1, 0.15) is 26.7 Å². The Hall–Kier alpha value is -1.23. The first kappa shape index (κ1) is 17.8. The molecule has 0 spiro atoms. The summed E-state index contributed by atoms with van der Waals surface area (Å²) in [6, 6.07) is 0.813. The lowest BCUT2D eigenvalue weighted by Crippen LogP contribution is -2.53. The predicted molar refractivity (Wildman–Crippen MR) is 77.3 cm³/mol. The summed E-state index contributed by atoms with van der Waals surface area (Å²) in [5, 5.41) is 19.9. The third-order valence-electron chi connectivity index (χ3n) is 3.05. The minimum absolute atomic E-state index is 0.0270. The quantitative estimate of drug-likeness (QED) is 0.569. The molecule has 0 radical (unpaired) electrons. The van der Waals surface area contributed by atoms with Crippen LogP contribution >= 0.6 is 22.9 Å². The zero-order valence-electron chi connectivity index (χ0n) is 11.1. The minimum atomic E-state index is -4.22. The maximum atomic E-state index is 12.2. The second-order valence-electron chi connectivity index (χ2n) is 4.18. The topological polar surface area (TPSA) is 127 Å². The number of aliphatic carboxylic acids is 1. The fourth-order valence-corrected chi connectivity index (χ4v) is 4.81. The molecule has 1 heterocycles. The molecular weight excluding hydrogens is 344 g/mol. The summed E-state index contributed by atoms with van der Waals surface area (Å²) in [6.45, 7) is 3.06. The van der Waals surface area contributed by atoms with Crippen LogP contribution in [0.3, 0.4) is 0 Å². The molecule has 11 heteroatoms. The molecule has 0 aromatic carbocycles. The summed E-state index contributed by atoms with van der Waals surface area (Å²) >= 11 is 6.12. The first-order valence-corrected chi connectivity index (χ1v) is 8.48. The Bertz CT molecular complexity index is 665. The number of hydrogen-bond acceptors (Lipinski definition) is 6. The van der Waals surface area contributed by atoms with Crippen molar-refractivity contribution >= 4 is 44.6 Å². The minimum Gasteiger partial charge on any atom is -0.480 e. The zero-order valence-corrected chi connectivity index (χ0v) is 13.5. The van der Waals surface area contributed by atoms with Crippen LogP contribution in [0.4, 0.5) is 5.69 Å². The van der Waals surface area contributed by atoms with Gasteiger partial charge in [-0.05, 0) is 12.8 Å². The van der Waals surface area contributed by atoms with Crippen LogP contribution in [-0.4, -0.2) is 30.0 Å². The largest absolute Gasteiger partial charge is 0.480 e. The van der Waals surface area contributed by atoms with Gasteiger partial charge in [-0.1, -0.05) is 25.4 Å². The third-order valence-corrected chi connectivity index (χ3v) is 6.40. The average molecular weight is 357 g/mol. The molecule has 2 N–H and O–H groups in total. The van der Waals surface area contributed by atoms with E-state index in [-0.39, 0.29) is 17.2 Å². The maximum Gasteiger partial charge on any atom is 0.324 e. The van der Waals surface area contributed by atoms with Crippen molar-refractivity contribution in [3.63, 3.8) is 0 Å². The van der Waals surface area contributed by atoms with E-state index in [9.17, 15) is 28.4 Å². The molecule has 1 aromatic rings. The van der Waals surface area contributed by atoms with Gasteiger partial charge >= 0.3 is 5.97 Å². The van der Waals surface area contributed by atoms with Gasteiger partial charge in [0.05, 0.1) is 4.92 Å². The van der Waals surface area contributed by atoms with Crippen molar-refractivity contribution in [1.82, 2.24) is 4.72 Å². The smallest absolute Gasteiger partial charge is 0.324 e. The van der Waals surface area contributed by atoms with Gasteiger partial charge in [0.1, 0.15) is 9.75 Å². The van der Waals surface area contributed by atoms with Gasteiger partial charge in [0.2, 0.25) is 0 Å². The van der Waals surface area contributed by atoms with Crippen LogP contribution in [0.25, 0.3) is 0 Å². The van der Waals surface area contributed by atoms with E-state index in [0.717, 1.165) is 6.07 Å². The van der Waals surface area contributed by atoms with Gasteiger partial charge in [0.25, 0.3) is 15.7 Å². The molecule has 0 fully saturated rings. The number of nitrogens with zero attached hydrogens (tertiary/aromatic N) is 1. The fraction of sp³-hybridized carbons (Fsp3) is 0.500. The lowest BCUT2D eigenvalue weighted by Gasteiger charge is -2.27. The van der Waals surface area contributed by atoms with Crippen LogP contribution in [-0.2, 0) is 14.8 Å². The number of carboxylic acid groups (broad SMARTS) is 1. The van der Waals surface area contributed by atoms with Crippen molar-refractivity contribution in [2.24, 2.45) is 0 Å².